The molecule has 0 saturated carbocycles. The quantitative estimate of drug-likeness (QED) is 0.516. The summed E-state index contributed by atoms with van der Waals surface area (Å²) in [6.07, 6.45) is 1.60. The van der Waals surface area contributed by atoms with Gasteiger partial charge < -0.3 is 0 Å². The molecule has 4 rings (SSSR count). The number of fused-ring (bicyclic) bond motifs is 2. The molecule has 0 atom stereocenters. The summed E-state index contributed by atoms with van der Waals surface area (Å²) in [4.78, 5) is 8.86. The molecule has 24 heavy (non-hydrogen) atoms. The van der Waals surface area contributed by atoms with Gasteiger partial charge in [-0.05, 0) is 24.3 Å². The highest BCUT2D eigenvalue weighted by atomic mass is 33.1. The number of hydrogen-bond donors (Lipinski definition) is 0. The van der Waals surface area contributed by atoms with Crippen LogP contribution in [0.5, 0.6) is 0 Å². The van der Waals surface area contributed by atoms with Crippen LogP contribution in [0.15, 0.2) is 82.8 Å². The second-order valence-corrected chi connectivity index (χ2v) is 8.96. The predicted molar refractivity (Wildman–Crippen MR) is 96.5 cm³/mol. The predicted octanol–water partition coefficient (Wildman–Crippen LogP) is 4.26. The summed E-state index contributed by atoms with van der Waals surface area (Å²) in [5.41, 5.74) is 1.25. The zero-order valence-corrected chi connectivity index (χ0v) is 14.1. The number of aromatic nitrogens is 2. The van der Waals surface area contributed by atoms with Gasteiger partial charge in [-0.2, -0.15) is 0 Å². The molecule has 0 bridgehead atoms. The summed E-state index contributed by atoms with van der Waals surface area (Å²) in [5.74, 6) is 0. The van der Waals surface area contributed by atoms with Crippen molar-refractivity contribution < 1.29 is 8.42 Å². The van der Waals surface area contributed by atoms with Gasteiger partial charge in [-0.3, -0.25) is 4.98 Å². The van der Waals surface area contributed by atoms with Gasteiger partial charge in [0.15, 0.2) is 0 Å². The minimum absolute atomic E-state index is 0.209. The van der Waals surface area contributed by atoms with Gasteiger partial charge in [0.2, 0.25) is 8.87 Å². The monoisotopic (exact) mass is 352 g/mol. The molecule has 2 heterocycles. The van der Waals surface area contributed by atoms with Crippen molar-refractivity contribution in [1.82, 2.24) is 9.97 Å². The van der Waals surface area contributed by atoms with Crippen LogP contribution in [0, 0.1) is 0 Å². The van der Waals surface area contributed by atoms with Gasteiger partial charge in [-0.1, -0.05) is 42.5 Å². The highest BCUT2D eigenvalue weighted by molar-refractivity contribution is 8.72. The Kier molecular flexibility index (Phi) is 3.70. The number of rotatable bonds is 3. The van der Waals surface area contributed by atoms with Gasteiger partial charge in [0.1, 0.15) is 9.92 Å². The maximum absolute atomic E-state index is 12.8. The Balaban J connectivity index is 1.79. The van der Waals surface area contributed by atoms with Crippen molar-refractivity contribution in [1.29, 1.82) is 0 Å². The van der Waals surface area contributed by atoms with Gasteiger partial charge in [0.25, 0.3) is 0 Å². The lowest BCUT2D eigenvalue weighted by molar-refractivity contribution is 0.611. The molecule has 0 aliphatic carbocycles. The third kappa shape index (κ3) is 2.74. The van der Waals surface area contributed by atoms with Crippen molar-refractivity contribution in [2.45, 2.75) is 9.92 Å². The van der Waals surface area contributed by atoms with E-state index in [1.165, 1.54) is 0 Å². The average Bonchev–Trinajstić information content (AvgIpc) is 2.61. The lowest BCUT2D eigenvalue weighted by Crippen LogP contribution is -1.98. The molecule has 0 aliphatic heterocycles. The fraction of sp³-hybridized carbons (Fsp3) is 0. The highest BCUT2D eigenvalue weighted by Crippen LogP contribution is 2.33. The molecule has 0 saturated heterocycles. The maximum atomic E-state index is 12.8. The lowest BCUT2D eigenvalue weighted by atomic mass is 10.2. The number of para-hydroxylation sites is 2. The Morgan fingerprint density at radius 2 is 1.58 bits per heavy atom. The molecule has 0 fully saturated rings. The first kappa shape index (κ1) is 15.1. The van der Waals surface area contributed by atoms with Crippen LogP contribution >= 0.6 is 10.8 Å². The smallest absolute Gasteiger partial charge is 0.238 e. The maximum Gasteiger partial charge on any atom is 0.238 e. The second-order valence-electron chi connectivity index (χ2n) is 5.21. The van der Waals surface area contributed by atoms with Crippen molar-refractivity contribution in [2.75, 3.05) is 0 Å². The molecule has 0 spiro atoms. The van der Waals surface area contributed by atoms with Gasteiger partial charge in [-0.25, -0.2) is 13.4 Å². The van der Waals surface area contributed by atoms with E-state index < -0.39 is 8.87 Å². The molecule has 0 unspecified atom stereocenters. The third-order valence-corrected chi connectivity index (χ3v) is 6.83. The van der Waals surface area contributed by atoms with E-state index in [1.807, 2.05) is 42.5 Å². The van der Waals surface area contributed by atoms with Crippen LogP contribution in [0.25, 0.3) is 21.8 Å². The summed E-state index contributed by atoms with van der Waals surface area (Å²) >= 11 is 0. The topological polar surface area (TPSA) is 59.9 Å². The molecule has 4 nitrogen and oxygen atoms in total. The Morgan fingerprint density at radius 3 is 2.50 bits per heavy atom. The Bertz CT molecular complexity index is 1150. The van der Waals surface area contributed by atoms with E-state index in [9.17, 15) is 8.42 Å². The van der Waals surface area contributed by atoms with Gasteiger partial charge in [0.05, 0.1) is 11.0 Å². The number of hydrogen-bond acceptors (Lipinski definition) is 5. The van der Waals surface area contributed by atoms with Crippen LogP contribution in [-0.4, -0.2) is 18.4 Å². The number of benzene rings is 2. The molecule has 0 N–H and O–H groups in total. The second kappa shape index (κ2) is 5.89. The first-order valence-electron chi connectivity index (χ1n) is 7.27. The zero-order valence-electron chi connectivity index (χ0n) is 12.5. The highest BCUT2D eigenvalue weighted by Gasteiger charge is 2.21. The summed E-state index contributed by atoms with van der Waals surface area (Å²) in [6.45, 7) is 0. The van der Waals surface area contributed by atoms with E-state index in [-0.39, 0.29) is 4.90 Å². The minimum Gasteiger partial charge on any atom is -0.255 e. The van der Waals surface area contributed by atoms with Gasteiger partial charge in [0, 0.05) is 27.8 Å². The molecule has 2 aromatic heterocycles. The van der Waals surface area contributed by atoms with E-state index in [4.69, 9.17) is 0 Å². The van der Waals surface area contributed by atoms with Crippen LogP contribution in [0.4, 0.5) is 0 Å². The van der Waals surface area contributed by atoms with E-state index in [2.05, 4.69) is 9.97 Å². The standard InChI is InChI=1S/C18H12N2O2S2/c21-24(22,16-9-3-6-14-7-4-12-19-18(14)16)23-17-11-10-13-5-1-2-8-15(13)20-17/h1-12H. The van der Waals surface area contributed by atoms with Crippen molar-refractivity contribution >= 4 is 41.5 Å². The van der Waals surface area contributed by atoms with Crippen molar-refractivity contribution in [3.63, 3.8) is 0 Å². The lowest BCUT2D eigenvalue weighted by Gasteiger charge is -2.07. The summed E-state index contributed by atoms with van der Waals surface area (Å²) in [6, 6.07) is 20.0. The zero-order chi connectivity index (χ0) is 16.6. The van der Waals surface area contributed by atoms with Crippen molar-refractivity contribution in [3.05, 3.63) is 72.9 Å². The van der Waals surface area contributed by atoms with Crippen molar-refractivity contribution in [3.8, 4) is 0 Å². The molecule has 2 aromatic carbocycles. The molecule has 6 heteroatoms. The third-order valence-electron chi connectivity index (χ3n) is 3.63. The largest absolute Gasteiger partial charge is 0.255 e. The average molecular weight is 352 g/mol. The first-order valence-corrected chi connectivity index (χ1v) is 10.1. The van der Waals surface area contributed by atoms with Crippen LogP contribution in [-0.2, 0) is 8.87 Å². The van der Waals surface area contributed by atoms with Crippen LogP contribution in [0.1, 0.15) is 0 Å². The van der Waals surface area contributed by atoms with E-state index in [0.717, 1.165) is 27.1 Å². The van der Waals surface area contributed by atoms with Crippen LogP contribution < -0.4 is 0 Å². The van der Waals surface area contributed by atoms with Crippen LogP contribution in [0.3, 0.4) is 0 Å². The van der Waals surface area contributed by atoms with Crippen LogP contribution in [0.2, 0.25) is 0 Å². The Labute approximate surface area is 142 Å². The number of pyridine rings is 2. The number of nitrogens with zero attached hydrogens (tertiary/aromatic N) is 2. The molecule has 0 aliphatic rings. The van der Waals surface area contributed by atoms with E-state index in [0.29, 0.717) is 10.5 Å². The first-order chi connectivity index (χ1) is 11.6. The SMILES string of the molecule is O=S(=O)(Sc1ccc2ccccc2n1)c1cccc2cccnc12. The molecule has 4 aromatic rings. The van der Waals surface area contributed by atoms with Gasteiger partial charge in [-0.15, -0.1) is 0 Å². The molecular weight excluding hydrogens is 340 g/mol. The summed E-state index contributed by atoms with van der Waals surface area (Å²) in [5, 5.41) is 2.22. The summed E-state index contributed by atoms with van der Waals surface area (Å²) in [7, 11) is -2.87. The fourth-order valence-electron chi connectivity index (χ4n) is 2.53. The minimum atomic E-state index is -3.62. The molecular formula is C18H12N2O2S2. The Hall–Kier alpha value is -2.44. The Morgan fingerprint density at radius 1 is 0.792 bits per heavy atom. The van der Waals surface area contributed by atoms with Crippen molar-refractivity contribution in [2.24, 2.45) is 0 Å². The fourth-order valence-corrected chi connectivity index (χ4v) is 5.38. The molecule has 0 radical (unpaired) electrons. The normalized spacial score (nSPS) is 11.8. The van der Waals surface area contributed by atoms with Gasteiger partial charge >= 0.3 is 0 Å². The molecule has 118 valence electrons. The molecule has 0 amide bonds. The van der Waals surface area contributed by atoms with E-state index >= 15 is 0 Å². The van der Waals surface area contributed by atoms with E-state index in [1.54, 1.807) is 30.5 Å². The summed E-state index contributed by atoms with van der Waals surface area (Å²) < 4.78 is 25.7.